The van der Waals surface area contributed by atoms with E-state index in [1.165, 1.54) is 29.6 Å². The van der Waals surface area contributed by atoms with Crippen molar-refractivity contribution in [1.29, 1.82) is 0 Å². The molecule has 0 unspecified atom stereocenters. The lowest BCUT2D eigenvalue weighted by Crippen LogP contribution is -2.28. The highest BCUT2D eigenvalue weighted by Crippen LogP contribution is 2.30. The lowest BCUT2D eigenvalue weighted by molar-refractivity contribution is 0.0734. The molecule has 1 fully saturated rings. The molecule has 26 heavy (non-hydrogen) atoms. The first kappa shape index (κ1) is 18.4. The standard InChI is InChI=1S/C19H21NO5S/c1-14-5-8-16(9-6-14)25-19(21)15-7-10-17(24-2)18(13-15)26(22,23)20-11-3-4-12-20/h5-10,13H,3-4,11-12H2,1-2H3. The number of aryl methyl sites for hydroxylation is 1. The number of nitrogens with zero attached hydrogens (tertiary/aromatic N) is 1. The predicted octanol–water partition coefficient (Wildman–Crippen LogP) is 3.01. The van der Waals surface area contributed by atoms with Gasteiger partial charge in [-0.15, -0.1) is 0 Å². The zero-order chi connectivity index (χ0) is 18.7. The molecule has 0 saturated carbocycles. The van der Waals surface area contributed by atoms with Crippen LogP contribution in [0.2, 0.25) is 0 Å². The highest BCUT2D eigenvalue weighted by molar-refractivity contribution is 7.89. The molecule has 2 aromatic rings. The zero-order valence-electron chi connectivity index (χ0n) is 14.8. The van der Waals surface area contributed by atoms with Crippen molar-refractivity contribution in [3.05, 3.63) is 53.6 Å². The van der Waals surface area contributed by atoms with E-state index in [1.807, 2.05) is 19.1 Å². The van der Waals surface area contributed by atoms with Crippen LogP contribution in [-0.2, 0) is 10.0 Å². The summed E-state index contributed by atoms with van der Waals surface area (Å²) in [4.78, 5) is 12.4. The molecule has 0 aromatic heterocycles. The summed E-state index contributed by atoms with van der Waals surface area (Å²) in [6.07, 6.45) is 1.66. The third kappa shape index (κ3) is 3.73. The van der Waals surface area contributed by atoms with Crippen molar-refractivity contribution in [1.82, 2.24) is 4.31 Å². The Labute approximate surface area is 153 Å². The third-order valence-corrected chi connectivity index (χ3v) is 6.23. The molecule has 0 bridgehead atoms. The number of benzene rings is 2. The SMILES string of the molecule is COc1ccc(C(=O)Oc2ccc(C)cc2)cc1S(=O)(=O)N1CCCC1. The Morgan fingerprint density at radius 3 is 2.31 bits per heavy atom. The number of ether oxygens (including phenoxy) is 2. The predicted molar refractivity (Wildman–Crippen MR) is 97.1 cm³/mol. The fraction of sp³-hybridized carbons (Fsp3) is 0.316. The molecule has 0 atom stereocenters. The van der Waals surface area contributed by atoms with Crippen molar-refractivity contribution < 1.29 is 22.7 Å². The van der Waals surface area contributed by atoms with E-state index in [2.05, 4.69) is 0 Å². The summed E-state index contributed by atoms with van der Waals surface area (Å²) in [6, 6.07) is 11.4. The first-order chi connectivity index (χ1) is 12.4. The summed E-state index contributed by atoms with van der Waals surface area (Å²) in [6.45, 7) is 2.89. The van der Waals surface area contributed by atoms with Gasteiger partial charge in [-0.2, -0.15) is 4.31 Å². The van der Waals surface area contributed by atoms with Gasteiger partial charge in [0.25, 0.3) is 0 Å². The van der Waals surface area contributed by atoms with Crippen LogP contribution >= 0.6 is 0 Å². The van der Waals surface area contributed by atoms with Crippen molar-refractivity contribution in [3.63, 3.8) is 0 Å². The maximum absolute atomic E-state index is 12.9. The summed E-state index contributed by atoms with van der Waals surface area (Å²) >= 11 is 0. The van der Waals surface area contributed by atoms with Crippen LogP contribution in [0.3, 0.4) is 0 Å². The van der Waals surface area contributed by atoms with Crippen LogP contribution in [0.25, 0.3) is 0 Å². The molecular weight excluding hydrogens is 354 g/mol. The minimum atomic E-state index is -3.72. The van der Waals surface area contributed by atoms with Crippen LogP contribution in [0.1, 0.15) is 28.8 Å². The van der Waals surface area contributed by atoms with E-state index < -0.39 is 16.0 Å². The van der Waals surface area contributed by atoms with Gasteiger partial charge in [-0.05, 0) is 50.1 Å². The molecule has 1 aliphatic rings. The lowest BCUT2D eigenvalue weighted by Gasteiger charge is -2.18. The van der Waals surface area contributed by atoms with Gasteiger partial charge in [-0.3, -0.25) is 0 Å². The number of carbonyl (C=O) groups is 1. The monoisotopic (exact) mass is 375 g/mol. The van der Waals surface area contributed by atoms with Crippen molar-refractivity contribution in [2.45, 2.75) is 24.7 Å². The molecule has 0 amide bonds. The molecule has 0 N–H and O–H groups in total. The quantitative estimate of drug-likeness (QED) is 0.593. The number of carbonyl (C=O) groups excluding carboxylic acids is 1. The Kier molecular flexibility index (Phi) is 5.29. The van der Waals surface area contributed by atoms with E-state index in [-0.39, 0.29) is 16.2 Å². The molecule has 0 radical (unpaired) electrons. The van der Waals surface area contributed by atoms with Crippen LogP contribution in [-0.4, -0.2) is 38.9 Å². The van der Waals surface area contributed by atoms with E-state index in [0.717, 1.165) is 18.4 Å². The van der Waals surface area contributed by atoms with Crippen LogP contribution in [0.4, 0.5) is 0 Å². The van der Waals surface area contributed by atoms with Gasteiger partial charge in [-0.1, -0.05) is 17.7 Å². The number of methoxy groups -OCH3 is 1. The first-order valence-electron chi connectivity index (χ1n) is 8.39. The van der Waals surface area contributed by atoms with Crippen molar-refractivity contribution >= 4 is 16.0 Å². The fourth-order valence-corrected chi connectivity index (χ4v) is 4.54. The smallest absolute Gasteiger partial charge is 0.343 e. The number of hydrogen-bond acceptors (Lipinski definition) is 5. The Morgan fingerprint density at radius 2 is 1.69 bits per heavy atom. The molecule has 138 valence electrons. The molecular formula is C19H21NO5S. The molecule has 1 heterocycles. The summed E-state index contributed by atoms with van der Waals surface area (Å²) < 4.78 is 37.7. The molecule has 0 aliphatic carbocycles. The number of sulfonamides is 1. The number of rotatable bonds is 5. The van der Waals surface area contributed by atoms with Gasteiger partial charge in [0.05, 0.1) is 12.7 Å². The van der Waals surface area contributed by atoms with E-state index in [4.69, 9.17) is 9.47 Å². The highest BCUT2D eigenvalue weighted by Gasteiger charge is 2.30. The van der Waals surface area contributed by atoms with Gasteiger partial charge in [0.15, 0.2) is 0 Å². The average molecular weight is 375 g/mol. The van der Waals surface area contributed by atoms with Crippen LogP contribution < -0.4 is 9.47 Å². The summed E-state index contributed by atoms with van der Waals surface area (Å²) in [7, 11) is -2.31. The summed E-state index contributed by atoms with van der Waals surface area (Å²) in [5, 5.41) is 0. The normalized spacial score (nSPS) is 15.0. The first-order valence-corrected chi connectivity index (χ1v) is 9.83. The third-order valence-electron chi connectivity index (χ3n) is 4.31. The molecule has 7 heteroatoms. The molecule has 0 spiro atoms. The van der Waals surface area contributed by atoms with Gasteiger partial charge >= 0.3 is 5.97 Å². The van der Waals surface area contributed by atoms with Crippen molar-refractivity contribution in [3.8, 4) is 11.5 Å². The van der Waals surface area contributed by atoms with E-state index in [9.17, 15) is 13.2 Å². The molecule has 3 rings (SSSR count). The average Bonchev–Trinajstić information content (AvgIpc) is 3.18. The second kappa shape index (κ2) is 7.47. The minimum Gasteiger partial charge on any atom is -0.495 e. The minimum absolute atomic E-state index is 0.0137. The topological polar surface area (TPSA) is 72.9 Å². The van der Waals surface area contributed by atoms with E-state index in [1.54, 1.807) is 12.1 Å². The van der Waals surface area contributed by atoms with Crippen molar-refractivity contribution in [2.24, 2.45) is 0 Å². The Bertz CT molecular complexity index is 900. The van der Waals surface area contributed by atoms with E-state index in [0.29, 0.717) is 18.8 Å². The van der Waals surface area contributed by atoms with E-state index >= 15 is 0 Å². The molecule has 1 saturated heterocycles. The van der Waals surface area contributed by atoms with Crippen LogP contribution in [0, 0.1) is 6.92 Å². The Morgan fingerprint density at radius 1 is 1.04 bits per heavy atom. The largest absolute Gasteiger partial charge is 0.495 e. The van der Waals surface area contributed by atoms with Gasteiger partial charge in [0, 0.05) is 13.1 Å². The van der Waals surface area contributed by atoms with Crippen LogP contribution in [0.5, 0.6) is 11.5 Å². The fourth-order valence-electron chi connectivity index (χ4n) is 2.85. The maximum Gasteiger partial charge on any atom is 0.343 e. The summed E-state index contributed by atoms with van der Waals surface area (Å²) in [5.41, 5.74) is 1.21. The highest BCUT2D eigenvalue weighted by atomic mass is 32.2. The van der Waals surface area contributed by atoms with Gasteiger partial charge < -0.3 is 9.47 Å². The molecule has 2 aromatic carbocycles. The second-order valence-corrected chi connectivity index (χ2v) is 8.09. The lowest BCUT2D eigenvalue weighted by atomic mass is 10.2. The zero-order valence-corrected chi connectivity index (χ0v) is 15.6. The van der Waals surface area contributed by atoms with Crippen molar-refractivity contribution in [2.75, 3.05) is 20.2 Å². The molecule has 6 nitrogen and oxygen atoms in total. The number of hydrogen-bond donors (Lipinski definition) is 0. The number of esters is 1. The maximum atomic E-state index is 12.9. The van der Waals surface area contributed by atoms with Crippen LogP contribution in [0.15, 0.2) is 47.4 Å². The van der Waals surface area contributed by atoms with Gasteiger partial charge in [-0.25, -0.2) is 13.2 Å². The Hall–Kier alpha value is -2.38. The Balaban J connectivity index is 1.91. The molecule has 1 aliphatic heterocycles. The van der Waals surface area contributed by atoms with Gasteiger partial charge in [0.1, 0.15) is 16.4 Å². The van der Waals surface area contributed by atoms with Gasteiger partial charge in [0.2, 0.25) is 10.0 Å². The summed E-state index contributed by atoms with van der Waals surface area (Å²) in [5.74, 6) is -0.00136. The second-order valence-electron chi connectivity index (χ2n) is 6.18.